The molecule has 94 valence electrons. The van der Waals surface area contributed by atoms with Crippen LogP contribution in [0.15, 0.2) is 24.3 Å². The molecular formula is C12H15F2NO2. The lowest BCUT2D eigenvalue weighted by Gasteiger charge is -2.21. The Hall–Kier alpha value is -1.20. The molecule has 1 aliphatic carbocycles. The van der Waals surface area contributed by atoms with Crippen molar-refractivity contribution in [2.75, 3.05) is 0 Å². The maximum atomic E-state index is 12.2. The lowest BCUT2D eigenvalue weighted by molar-refractivity contribution is -0.0511. The second-order valence-corrected chi connectivity index (χ2v) is 4.27. The van der Waals surface area contributed by atoms with E-state index in [4.69, 9.17) is 5.73 Å². The van der Waals surface area contributed by atoms with Crippen molar-refractivity contribution in [3.8, 4) is 5.75 Å². The molecule has 2 rings (SSSR count). The number of hydrogen-bond acceptors (Lipinski definition) is 3. The molecule has 0 heterocycles. The zero-order valence-corrected chi connectivity index (χ0v) is 9.22. The third kappa shape index (κ3) is 2.92. The van der Waals surface area contributed by atoms with Crippen LogP contribution in [0.2, 0.25) is 0 Å². The highest BCUT2D eigenvalue weighted by molar-refractivity contribution is 5.36. The molecule has 1 fully saturated rings. The summed E-state index contributed by atoms with van der Waals surface area (Å²) in [6.45, 7) is -2.89. The van der Waals surface area contributed by atoms with E-state index in [1.54, 1.807) is 18.2 Å². The van der Waals surface area contributed by atoms with E-state index >= 15 is 0 Å². The molecule has 3 nitrogen and oxygen atoms in total. The Bertz CT molecular complexity index is 383. The number of ether oxygens (including phenoxy) is 1. The first kappa shape index (κ1) is 12.3. The van der Waals surface area contributed by atoms with Gasteiger partial charge >= 0.3 is 6.61 Å². The SMILES string of the molecule is N[C@@H](c1ccccc1OC(F)F)[C@H](O)C1CC1. The Kier molecular flexibility index (Phi) is 3.59. The second-order valence-electron chi connectivity index (χ2n) is 4.27. The van der Waals surface area contributed by atoms with Crippen LogP contribution in [0.25, 0.3) is 0 Å². The first-order chi connectivity index (χ1) is 8.09. The van der Waals surface area contributed by atoms with E-state index in [0.29, 0.717) is 5.56 Å². The van der Waals surface area contributed by atoms with Crippen molar-refractivity contribution in [3.05, 3.63) is 29.8 Å². The fourth-order valence-corrected chi connectivity index (χ4v) is 1.87. The topological polar surface area (TPSA) is 55.5 Å². The minimum Gasteiger partial charge on any atom is -0.434 e. The van der Waals surface area contributed by atoms with Gasteiger partial charge in [-0.3, -0.25) is 0 Å². The summed E-state index contributed by atoms with van der Waals surface area (Å²) in [7, 11) is 0. The van der Waals surface area contributed by atoms with Crippen LogP contribution in [-0.2, 0) is 0 Å². The molecule has 2 atom stereocenters. The van der Waals surface area contributed by atoms with E-state index in [-0.39, 0.29) is 11.7 Å². The Morgan fingerprint density at radius 1 is 1.29 bits per heavy atom. The summed E-state index contributed by atoms with van der Waals surface area (Å²) in [5.74, 6) is 0.222. The second kappa shape index (κ2) is 4.98. The largest absolute Gasteiger partial charge is 0.434 e. The van der Waals surface area contributed by atoms with Crippen molar-refractivity contribution in [2.45, 2.75) is 31.6 Å². The van der Waals surface area contributed by atoms with E-state index in [2.05, 4.69) is 4.74 Å². The molecule has 1 aromatic carbocycles. The van der Waals surface area contributed by atoms with E-state index in [0.717, 1.165) is 12.8 Å². The number of rotatable bonds is 5. The molecule has 0 saturated heterocycles. The molecule has 1 aliphatic rings. The maximum absolute atomic E-state index is 12.2. The molecule has 0 aromatic heterocycles. The standard InChI is InChI=1S/C12H15F2NO2/c13-12(14)17-9-4-2-1-3-8(9)10(15)11(16)7-5-6-7/h1-4,7,10-12,16H,5-6,15H2/t10-,11+/m0/s1. The van der Waals surface area contributed by atoms with Gasteiger partial charge in [0.1, 0.15) is 5.75 Å². The van der Waals surface area contributed by atoms with Gasteiger partial charge in [-0.05, 0) is 24.8 Å². The highest BCUT2D eigenvalue weighted by atomic mass is 19.3. The monoisotopic (exact) mass is 243 g/mol. The Morgan fingerprint density at radius 2 is 1.94 bits per heavy atom. The van der Waals surface area contributed by atoms with Crippen molar-refractivity contribution < 1.29 is 18.6 Å². The van der Waals surface area contributed by atoms with Crippen molar-refractivity contribution in [2.24, 2.45) is 11.7 Å². The lowest BCUT2D eigenvalue weighted by Crippen LogP contribution is -2.28. The van der Waals surface area contributed by atoms with Gasteiger partial charge < -0.3 is 15.6 Å². The van der Waals surface area contributed by atoms with Crippen molar-refractivity contribution in [1.29, 1.82) is 0 Å². The van der Waals surface area contributed by atoms with E-state index in [1.807, 2.05) is 0 Å². The summed E-state index contributed by atoms with van der Waals surface area (Å²) in [5.41, 5.74) is 6.30. The maximum Gasteiger partial charge on any atom is 0.387 e. The zero-order chi connectivity index (χ0) is 12.4. The Labute approximate surface area is 98.2 Å². The highest BCUT2D eigenvalue weighted by Crippen LogP contribution is 2.39. The van der Waals surface area contributed by atoms with Crippen LogP contribution in [0, 0.1) is 5.92 Å². The third-order valence-corrected chi connectivity index (χ3v) is 2.97. The molecule has 0 radical (unpaired) electrons. The molecule has 0 bridgehead atoms. The lowest BCUT2D eigenvalue weighted by atomic mass is 9.98. The van der Waals surface area contributed by atoms with Gasteiger partial charge in [-0.1, -0.05) is 18.2 Å². The average molecular weight is 243 g/mol. The first-order valence-corrected chi connectivity index (χ1v) is 5.57. The van der Waals surface area contributed by atoms with Crippen molar-refractivity contribution >= 4 is 0 Å². The zero-order valence-electron chi connectivity index (χ0n) is 9.22. The van der Waals surface area contributed by atoms with Gasteiger partial charge in [0.05, 0.1) is 12.1 Å². The van der Waals surface area contributed by atoms with Gasteiger partial charge in [0, 0.05) is 5.56 Å². The third-order valence-electron chi connectivity index (χ3n) is 2.97. The molecule has 0 aliphatic heterocycles. The molecule has 1 saturated carbocycles. The molecular weight excluding hydrogens is 228 g/mol. The van der Waals surface area contributed by atoms with Gasteiger partial charge in [0.2, 0.25) is 0 Å². The number of aliphatic hydroxyl groups excluding tert-OH is 1. The molecule has 17 heavy (non-hydrogen) atoms. The van der Waals surface area contributed by atoms with E-state index < -0.39 is 18.8 Å². The summed E-state index contributed by atoms with van der Waals surface area (Å²) in [4.78, 5) is 0. The average Bonchev–Trinajstić information content (AvgIpc) is 3.11. The Morgan fingerprint density at radius 3 is 2.53 bits per heavy atom. The predicted molar refractivity (Wildman–Crippen MR) is 58.7 cm³/mol. The highest BCUT2D eigenvalue weighted by Gasteiger charge is 2.35. The van der Waals surface area contributed by atoms with Crippen molar-refractivity contribution in [3.63, 3.8) is 0 Å². The van der Waals surface area contributed by atoms with Crippen molar-refractivity contribution in [1.82, 2.24) is 0 Å². The number of hydrogen-bond donors (Lipinski definition) is 2. The van der Waals surface area contributed by atoms with Gasteiger partial charge in [0.15, 0.2) is 0 Å². The van der Waals surface area contributed by atoms with Gasteiger partial charge in [-0.25, -0.2) is 0 Å². The van der Waals surface area contributed by atoms with E-state index in [9.17, 15) is 13.9 Å². The number of benzene rings is 1. The molecule has 0 amide bonds. The summed E-state index contributed by atoms with van der Waals surface area (Å²) >= 11 is 0. The molecule has 0 spiro atoms. The van der Waals surface area contributed by atoms with Gasteiger partial charge in [-0.2, -0.15) is 8.78 Å². The number of nitrogens with two attached hydrogens (primary N) is 1. The van der Waals surface area contributed by atoms with Gasteiger partial charge in [-0.15, -0.1) is 0 Å². The minimum atomic E-state index is -2.89. The van der Waals surface area contributed by atoms with Crippen LogP contribution in [-0.4, -0.2) is 17.8 Å². The van der Waals surface area contributed by atoms with Crippen LogP contribution in [0.5, 0.6) is 5.75 Å². The predicted octanol–water partition coefficient (Wildman–Crippen LogP) is 2.06. The first-order valence-electron chi connectivity index (χ1n) is 5.57. The summed E-state index contributed by atoms with van der Waals surface area (Å²) < 4.78 is 28.8. The molecule has 5 heteroatoms. The quantitative estimate of drug-likeness (QED) is 0.832. The fraction of sp³-hybridized carbons (Fsp3) is 0.500. The van der Waals surface area contributed by atoms with Crippen LogP contribution >= 0.6 is 0 Å². The Balaban J connectivity index is 2.17. The summed E-state index contributed by atoms with van der Waals surface area (Å²) in [6.07, 6.45) is 1.18. The van der Waals surface area contributed by atoms with Crippen LogP contribution in [0.1, 0.15) is 24.4 Å². The summed E-state index contributed by atoms with van der Waals surface area (Å²) in [6, 6.07) is 5.64. The number of para-hydroxylation sites is 1. The smallest absolute Gasteiger partial charge is 0.387 e. The van der Waals surface area contributed by atoms with Gasteiger partial charge in [0.25, 0.3) is 0 Å². The minimum absolute atomic E-state index is 0.0368. The number of halogens is 2. The van der Waals surface area contributed by atoms with E-state index in [1.165, 1.54) is 6.07 Å². The number of aliphatic hydroxyl groups is 1. The normalized spacial score (nSPS) is 19.1. The van der Waals surface area contributed by atoms with Crippen LogP contribution in [0.3, 0.4) is 0 Å². The number of alkyl halides is 2. The van der Waals surface area contributed by atoms with Crippen LogP contribution < -0.4 is 10.5 Å². The summed E-state index contributed by atoms with van der Waals surface area (Å²) in [5, 5.41) is 9.90. The van der Waals surface area contributed by atoms with Crippen LogP contribution in [0.4, 0.5) is 8.78 Å². The molecule has 1 aromatic rings. The fourth-order valence-electron chi connectivity index (χ4n) is 1.87. The molecule has 3 N–H and O–H groups in total. The molecule has 0 unspecified atom stereocenters.